The molecule has 0 aliphatic carbocycles. The number of fused-ring (bicyclic) bond motifs is 3. The normalized spacial score (nSPS) is 27.3. The predicted molar refractivity (Wildman–Crippen MR) is 67.5 cm³/mol. The molecule has 1 aromatic carbocycles. The molecule has 2 unspecified atom stereocenters. The Labute approximate surface area is 103 Å². The molecule has 1 saturated heterocycles. The molecule has 4 heteroatoms. The average molecular weight is 285 g/mol. The molecule has 2 aliphatic heterocycles. The molecule has 16 heavy (non-hydrogen) atoms. The Morgan fingerprint density at radius 2 is 2.31 bits per heavy atom. The van der Waals surface area contributed by atoms with Crippen molar-refractivity contribution in [3.05, 3.63) is 22.4 Å². The van der Waals surface area contributed by atoms with E-state index in [-0.39, 0.29) is 5.82 Å². The van der Waals surface area contributed by atoms with Gasteiger partial charge in [0.2, 0.25) is 0 Å². The molecule has 0 radical (unpaired) electrons. The van der Waals surface area contributed by atoms with Crippen LogP contribution in [-0.4, -0.2) is 19.1 Å². The molecular formula is C12H14BrFN2. The van der Waals surface area contributed by atoms with Crippen LogP contribution >= 0.6 is 15.9 Å². The number of benzene rings is 1. The molecule has 0 spiro atoms. The lowest BCUT2D eigenvalue weighted by atomic mass is 10.0. The summed E-state index contributed by atoms with van der Waals surface area (Å²) in [5.74, 6) is 0.515. The lowest BCUT2D eigenvalue weighted by Crippen LogP contribution is -2.41. The number of nitrogens with zero attached hydrogens (tertiary/aromatic N) is 1. The highest BCUT2D eigenvalue weighted by Gasteiger charge is 2.35. The first kappa shape index (κ1) is 10.4. The Kier molecular flexibility index (Phi) is 2.35. The molecule has 3 rings (SSSR count). The van der Waals surface area contributed by atoms with Crippen LogP contribution in [0.4, 0.5) is 15.8 Å². The minimum atomic E-state index is -0.197. The quantitative estimate of drug-likeness (QED) is 0.787. The van der Waals surface area contributed by atoms with Crippen molar-refractivity contribution in [2.24, 2.45) is 5.92 Å². The second kappa shape index (κ2) is 3.62. The van der Waals surface area contributed by atoms with Crippen molar-refractivity contribution < 1.29 is 4.39 Å². The summed E-state index contributed by atoms with van der Waals surface area (Å²) in [4.78, 5) is 2.40. The summed E-state index contributed by atoms with van der Waals surface area (Å²) in [6.07, 6.45) is 1.22. The van der Waals surface area contributed by atoms with Gasteiger partial charge in [0.15, 0.2) is 0 Å². The van der Waals surface area contributed by atoms with E-state index in [1.54, 1.807) is 6.07 Å². The van der Waals surface area contributed by atoms with Crippen LogP contribution in [-0.2, 0) is 0 Å². The highest BCUT2D eigenvalue weighted by Crippen LogP contribution is 2.40. The summed E-state index contributed by atoms with van der Waals surface area (Å²) in [5.41, 5.74) is 2.06. The highest BCUT2D eigenvalue weighted by molar-refractivity contribution is 9.10. The molecule has 2 heterocycles. The molecule has 1 fully saturated rings. The number of halogens is 2. The third-order valence-electron chi connectivity index (χ3n) is 3.73. The maximum atomic E-state index is 13.4. The Balaban J connectivity index is 2.06. The van der Waals surface area contributed by atoms with Crippen molar-refractivity contribution in [3.63, 3.8) is 0 Å². The number of rotatable bonds is 0. The Morgan fingerprint density at radius 3 is 3.12 bits per heavy atom. The first-order chi connectivity index (χ1) is 7.66. The zero-order valence-electron chi connectivity index (χ0n) is 9.13. The van der Waals surface area contributed by atoms with Crippen LogP contribution in [0.5, 0.6) is 0 Å². The molecule has 1 aromatic rings. The van der Waals surface area contributed by atoms with Gasteiger partial charge in [-0.05, 0) is 34.3 Å². The largest absolute Gasteiger partial charge is 0.381 e. The lowest BCUT2D eigenvalue weighted by molar-refractivity contribution is 0.523. The summed E-state index contributed by atoms with van der Waals surface area (Å²) in [7, 11) is 0. The first-order valence-corrected chi connectivity index (χ1v) is 6.45. The minimum Gasteiger partial charge on any atom is -0.381 e. The fourth-order valence-electron chi connectivity index (χ4n) is 2.75. The molecule has 86 valence electrons. The van der Waals surface area contributed by atoms with E-state index in [9.17, 15) is 4.39 Å². The monoisotopic (exact) mass is 284 g/mol. The van der Waals surface area contributed by atoms with Gasteiger partial charge in [0.1, 0.15) is 5.82 Å². The standard InChI is InChI=1S/C12H14BrFN2/c1-7-2-3-16-11-4-8(13)9(14)5-10(11)15-6-12(7)16/h4-5,7,12,15H,2-3,6H2,1H3. The van der Waals surface area contributed by atoms with Crippen LogP contribution < -0.4 is 10.2 Å². The zero-order valence-corrected chi connectivity index (χ0v) is 10.7. The minimum absolute atomic E-state index is 0.197. The van der Waals surface area contributed by atoms with E-state index in [0.717, 1.165) is 24.5 Å². The summed E-state index contributed by atoms with van der Waals surface area (Å²) >= 11 is 3.26. The summed E-state index contributed by atoms with van der Waals surface area (Å²) in [5, 5.41) is 3.33. The SMILES string of the molecule is CC1CCN2c3cc(Br)c(F)cc3NCC12. The Hall–Kier alpha value is -0.770. The van der Waals surface area contributed by atoms with Crippen LogP contribution in [0.3, 0.4) is 0 Å². The maximum Gasteiger partial charge on any atom is 0.139 e. The fraction of sp³-hybridized carbons (Fsp3) is 0.500. The van der Waals surface area contributed by atoms with Gasteiger partial charge in [-0.3, -0.25) is 0 Å². The van der Waals surface area contributed by atoms with Crippen LogP contribution in [0.25, 0.3) is 0 Å². The van der Waals surface area contributed by atoms with Crippen LogP contribution in [0.15, 0.2) is 16.6 Å². The number of anilines is 2. The summed E-state index contributed by atoms with van der Waals surface area (Å²) in [6, 6.07) is 4.03. The van der Waals surface area contributed by atoms with E-state index in [4.69, 9.17) is 0 Å². The van der Waals surface area contributed by atoms with Gasteiger partial charge in [0.25, 0.3) is 0 Å². The molecule has 0 amide bonds. The van der Waals surface area contributed by atoms with Gasteiger partial charge in [0.05, 0.1) is 15.8 Å². The zero-order chi connectivity index (χ0) is 11.3. The van der Waals surface area contributed by atoms with Gasteiger partial charge in [0, 0.05) is 25.2 Å². The van der Waals surface area contributed by atoms with E-state index < -0.39 is 0 Å². The average Bonchev–Trinajstić information content (AvgIpc) is 2.63. The van der Waals surface area contributed by atoms with Gasteiger partial charge >= 0.3 is 0 Å². The smallest absolute Gasteiger partial charge is 0.139 e. The van der Waals surface area contributed by atoms with Crippen molar-refractivity contribution in [1.82, 2.24) is 0 Å². The summed E-state index contributed by atoms with van der Waals surface area (Å²) < 4.78 is 14.0. The second-order valence-electron chi connectivity index (χ2n) is 4.69. The lowest BCUT2D eigenvalue weighted by Gasteiger charge is -2.36. The van der Waals surface area contributed by atoms with Crippen molar-refractivity contribution in [3.8, 4) is 0 Å². The van der Waals surface area contributed by atoms with Gasteiger partial charge in [-0.25, -0.2) is 4.39 Å². The van der Waals surface area contributed by atoms with Crippen molar-refractivity contribution >= 4 is 27.3 Å². The van der Waals surface area contributed by atoms with Crippen LogP contribution in [0.2, 0.25) is 0 Å². The van der Waals surface area contributed by atoms with Crippen molar-refractivity contribution in [2.45, 2.75) is 19.4 Å². The van der Waals surface area contributed by atoms with Gasteiger partial charge in [-0.1, -0.05) is 6.92 Å². The van der Waals surface area contributed by atoms with Gasteiger partial charge in [-0.15, -0.1) is 0 Å². The molecule has 2 aliphatic rings. The van der Waals surface area contributed by atoms with E-state index in [0.29, 0.717) is 16.4 Å². The number of hydrogen-bond acceptors (Lipinski definition) is 2. The predicted octanol–water partition coefficient (Wildman–Crippen LogP) is 3.23. The Bertz CT molecular complexity index is 435. The van der Waals surface area contributed by atoms with Gasteiger partial charge < -0.3 is 10.2 Å². The number of hydrogen-bond donors (Lipinski definition) is 1. The third-order valence-corrected chi connectivity index (χ3v) is 4.34. The van der Waals surface area contributed by atoms with E-state index >= 15 is 0 Å². The fourth-order valence-corrected chi connectivity index (χ4v) is 3.08. The molecule has 2 nitrogen and oxygen atoms in total. The maximum absolute atomic E-state index is 13.4. The van der Waals surface area contributed by atoms with Gasteiger partial charge in [-0.2, -0.15) is 0 Å². The van der Waals surface area contributed by atoms with E-state index in [1.807, 2.05) is 6.07 Å². The molecule has 0 bridgehead atoms. The number of nitrogens with one attached hydrogen (secondary N) is 1. The molecule has 0 aromatic heterocycles. The molecule has 1 N–H and O–H groups in total. The van der Waals surface area contributed by atoms with Crippen molar-refractivity contribution in [1.29, 1.82) is 0 Å². The molecule has 2 atom stereocenters. The van der Waals surface area contributed by atoms with E-state index in [1.165, 1.54) is 6.42 Å². The molecule has 0 saturated carbocycles. The van der Waals surface area contributed by atoms with Crippen LogP contribution in [0.1, 0.15) is 13.3 Å². The second-order valence-corrected chi connectivity index (χ2v) is 5.55. The Morgan fingerprint density at radius 1 is 1.50 bits per heavy atom. The first-order valence-electron chi connectivity index (χ1n) is 5.66. The van der Waals surface area contributed by atoms with E-state index in [2.05, 4.69) is 33.1 Å². The topological polar surface area (TPSA) is 15.3 Å². The molecular weight excluding hydrogens is 271 g/mol. The third kappa shape index (κ3) is 1.43. The highest BCUT2D eigenvalue weighted by atomic mass is 79.9. The van der Waals surface area contributed by atoms with Crippen LogP contribution in [0, 0.1) is 11.7 Å². The summed E-state index contributed by atoms with van der Waals surface area (Å²) in [6.45, 7) is 4.30. The van der Waals surface area contributed by atoms with Crippen molar-refractivity contribution in [2.75, 3.05) is 23.3 Å².